The average molecular weight is 1700 g/mol. The highest BCUT2D eigenvalue weighted by Gasteiger charge is 2.29. The number of hydrogen-bond acceptors (Lipinski definition) is 14. The monoisotopic (exact) mass is 1700 g/mol. The van der Waals surface area contributed by atoms with E-state index in [0.29, 0.717) is 19.3 Å². The molecule has 16 nitrogen and oxygen atoms in total. The average Bonchev–Trinajstić information content (AvgIpc) is 0.905. The number of rotatable bonds is 88. The van der Waals surface area contributed by atoms with Crippen LogP contribution < -0.4 is 0 Å². The molecule has 0 fully saturated rings. The minimum Gasteiger partial charge on any atom is -0.463 e. The van der Waals surface area contributed by atoms with E-state index >= 15 is 0 Å². The molecule has 0 bridgehead atoms. The Morgan fingerprint density at radius 1 is 0.244 bits per heavy atom. The summed E-state index contributed by atoms with van der Waals surface area (Å²) in [6.45, 7) is 2.44. The molecule has 18 heteroatoms. The summed E-state index contributed by atoms with van der Waals surface area (Å²) in [5.41, 5.74) is 0. The third kappa shape index (κ3) is 93.2. The molecule has 0 rings (SSSR count). The smallest absolute Gasteiger partial charge is 0.463 e. The Labute approximate surface area is 725 Å². The van der Waals surface area contributed by atoms with Crippen molar-refractivity contribution in [2.75, 3.05) is 39.6 Å². The number of carbonyl (C=O) groups excluding carboxylic acids is 3. The molecule has 0 aliphatic carbocycles. The summed E-state index contributed by atoms with van der Waals surface area (Å²) >= 11 is 0. The molecule has 0 saturated heterocycles. The first-order valence-electron chi connectivity index (χ1n) is 47.1. The van der Waals surface area contributed by atoms with Crippen LogP contribution in [0.3, 0.4) is 0 Å². The summed E-state index contributed by atoms with van der Waals surface area (Å²) in [5, 5.41) is 20.7. The molecule has 0 radical (unpaired) electrons. The van der Waals surface area contributed by atoms with Crippen molar-refractivity contribution in [2.45, 2.75) is 399 Å². The van der Waals surface area contributed by atoms with Gasteiger partial charge in [0.25, 0.3) is 0 Å². The maximum absolute atomic E-state index is 13.1. The van der Waals surface area contributed by atoms with E-state index in [-0.39, 0.29) is 19.3 Å². The van der Waals surface area contributed by atoms with Gasteiger partial charge in [-0.1, -0.05) is 383 Å². The van der Waals surface area contributed by atoms with E-state index in [1.165, 1.54) is 154 Å². The minimum atomic E-state index is -4.95. The van der Waals surface area contributed by atoms with Gasteiger partial charge < -0.3 is 34.2 Å². The molecule has 0 aliphatic heterocycles. The van der Waals surface area contributed by atoms with Crippen LogP contribution in [0.5, 0.6) is 0 Å². The van der Waals surface area contributed by atoms with E-state index in [9.17, 15) is 43.5 Å². The lowest BCUT2D eigenvalue weighted by Gasteiger charge is -2.21. The highest BCUT2D eigenvalue weighted by atomic mass is 31.2. The van der Waals surface area contributed by atoms with Crippen LogP contribution in [0.4, 0.5) is 0 Å². The number of ether oxygens (including phenoxy) is 3. The summed E-state index contributed by atoms with van der Waals surface area (Å²) in [5.74, 6) is -1.59. The minimum absolute atomic E-state index is 0.0782. The van der Waals surface area contributed by atoms with Crippen molar-refractivity contribution in [1.82, 2.24) is 0 Å². The number of esters is 3. The number of aliphatic hydroxyl groups excluding tert-OH is 2. The molecule has 119 heavy (non-hydrogen) atoms. The second kappa shape index (κ2) is 91.8. The maximum Gasteiger partial charge on any atom is 0.472 e. The number of phosphoric acid groups is 2. The Hall–Kier alpha value is -5.35. The van der Waals surface area contributed by atoms with Gasteiger partial charge in [0.15, 0.2) is 6.10 Å². The maximum atomic E-state index is 13.1. The standard InChI is InChI=1S/C101H170O16P2/c1-4-7-10-13-16-19-22-25-28-31-34-37-39-41-43-45-47-49-51-53-55-58-60-63-66-69-72-75-78-81-84-87-99(104)111-90-96(102)91-113-118(107,108)114-92-97(103)93-115-119(109,110)116-95-98(117-101(106)89-86-83-80-77-74-71-68-65-62-57-36-33-30-27-24-21-18-15-12-9-6-3)94-112-100(105)88-85-82-79-76-73-70-67-64-61-59-56-54-52-50-48-46-44-42-40-38-35-32-29-26-23-20-17-14-11-8-5-2/h7,9-10,12,16-21,25-30,34-38,41-44,47,49,57,65,68,96-98,102-103H,4-6,8,11,13-15,22-24,31-33,39-40,45-46,48,50-56,58-64,66-67,69-95H2,1-3H3,(H,107,108)(H,109,110)/b10-7-,12-9-,19-16-,20-17-,21-18-,28-25-,29-26-,30-27-,37-34-,38-35-,43-41-,44-42-,49-47-,57-36-,68-65-. The number of phosphoric ester groups is 2. The third-order valence-corrected chi connectivity index (χ3v) is 21.5. The number of unbranched alkanes of at least 4 members (excludes halogenated alkanes) is 35. The Morgan fingerprint density at radius 3 is 0.706 bits per heavy atom. The molecule has 680 valence electrons. The van der Waals surface area contributed by atoms with Crippen LogP contribution in [-0.4, -0.2) is 95.9 Å². The quantitative estimate of drug-likeness (QED) is 0.0146. The Kier molecular flexibility index (Phi) is 87.7. The number of aliphatic hydroxyl groups is 2. The van der Waals surface area contributed by atoms with Gasteiger partial charge in [0.05, 0.1) is 26.4 Å². The first-order valence-corrected chi connectivity index (χ1v) is 50.1. The largest absolute Gasteiger partial charge is 0.472 e. The highest BCUT2D eigenvalue weighted by molar-refractivity contribution is 7.47. The Morgan fingerprint density at radius 2 is 0.445 bits per heavy atom. The second-order valence-electron chi connectivity index (χ2n) is 31.0. The fourth-order valence-corrected chi connectivity index (χ4v) is 14.1. The predicted molar refractivity (Wildman–Crippen MR) is 500 cm³/mol. The fourth-order valence-electron chi connectivity index (χ4n) is 12.5. The molecule has 0 saturated carbocycles. The molecule has 0 aromatic rings. The normalized spacial score (nSPS) is 14.6. The van der Waals surface area contributed by atoms with Crippen LogP contribution in [0.25, 0.3) is 0 Å². The zero-order chi connectivity index (χ0) is 86.5. The topological polar surface area (TPSA) is 231 Å². The summed E-state index contributed by atoms with van der Waals surface area (Å²) in [4.78, 5) is 59.0. The van der Waals surface area contributed by atoms with Crippen molar-refractivity contribution < 1.29 is 75.8 Å². The van der Waals surface area contributed by atoms with Crippen molar-refractivity contribution in [3.8, 4) is 0 Å². The van der Waals surface area contributed by atoms with Crippen LogP contribution in [0.2, 0.25) is 0 Å². The third-order valence-electron chi connectivity index (χ3n) is 19.6. The van der Waals surface area contributed by atoms with Crippen LogP contribution in [0, 0.1) is 0 Å². The Bertz CT molecular complexity index is 2890. The van der Waals surface area contributed by atoms with E-state index in [1.54, 1.807) is 0 Å². The molecular formula is C101H170O16P2. The lowest BCUT2D eigenvalue weighted by molar-refractivity contribution is -0.161. The first kappa shape index (κ1) is 114. The van der Waals surface area contributed by atoms with Gasteiger partial charge in [-0.3, -0.25) is 32.5 Å². The van der Waals surface area contributed by atoms with Gasteiger partial charge in [-0.2, -0.15) is 0 Å². The van der Waals surface area contributed by atoms with Crippen molar-refractivity contribution in [3.05, 3.63) is 182 Å². The lowest BCUT2D eigenvalue weighted by Crippen LogP contribution is -2.30. The molecule has 0 aromatic heterocycles. The first-order chi connectivity index (χ1) is 58.2. The van der Waals surface area contributed by atoms with Crippen molar-refractivity contribution in [3.63, 3.8) is 0 Å². The molecule has 0 aromatic carbocycles. The van der Waals surface area contributed by atoms with Gasteiger partial charge >= 0.3 is 33.6 Å². The van der Waals surface area contributed by atoms with Crippen LogP contribution in [0.1, 0.15) is 380 Å². The molecule has 0 spiro atoms. The summed E-state index contributed by atoms with van der Waals surface area (Å²) in [6, 6.07) is 0. The molecule has 5 unspecified atom stereocenters. The van der Waals surface area contributed by atoms with Gasteiger partial charge in [0, 0.05) is 19.3 Å². The van der Waals surface area contributed by atoms with Crippen molar-refractivity contribution in [2.24, 2.45) is 0 Å². The van der Waals surface area contributed by atoms with Gasteiger partial charge in [0.1, 0.15) is 25.4 Å². The molecule has 5 atom stereocenters. The zero-order valence-corrected chi connectivity index (χ0v) is 76.8. The molecule has 4 N–H and O–H groups in total. The number of carbonyl (C=O) groups is 3. The van der Waals surface area contributed by atoms with E-state index < -0.39 is 91.5 Å². The van der Waals surface area contributed by atoms with Crippen LogP contribution in [0.15, 0.2) is 182 Å². The summed E-state index contributed by atoms with van der Waals surface area (Å²) in [7, 11) is -9.82. The molecule has 0 heterocycles. The van der Waals surface area contributed by atoms with Gasteiger partial charge in [0.2, 0.25) is 0 Å². The van der Waals surface area contributed by atoms with Gasteiger partial charge in [-0.15, -0.1) is 0 Å². The predicted octanol–water partition coefficient (Wildman–Crippen LogP) is 29.2. The molecular weight excluding hydrogens is 1530 g/mol. The van der Waals surface area contributed by atoms with E-state index in [4.69, 9.17) is 32.3 Å². The van der Waals surface area contributed by atoms with Crippen molar-refractivity contribution >= 4 is 33.6 Å². The van der Waals surface area contributed by atoms with Crippen molar-refractivity contribution in [1.29, 1.82) is 0 Å². The second-order valence-corrected chi connectivity index (χ2v) is 34.0. The SMILES string of the molecule is CC/C=C\C/C=C\C/C=C\C/C=C\C/C=C\C/C=C\CCCCCCCCCCCCCCC(=O)OCC(O)COP(=O)(O)OCC(O)COP(=O)(O)OCC(COC(=O)CCCCCCCCCCCCCCCCC/C=C\C/C=C\C/C=C\C/C=C\CCCCC)OC(=O)CCCCCCC/C=C\C/C=C\C/C=C\C/C=C\C/C=C\CC. The van der Waals surface area contributed by atoms with Gasteiger partial charge in [-0.05, 0) is 161 Å². The molecule has 0 amide bonds. The summed E-state index contributed by atoms with van der Waals surface area (Å²) < 4.78 is 61.5. The zero-order valence-electron chi connectivity index (χ0n) is 75.0. The number of hydrogen-bond donors (Lipinski definition) is 4. The van der Waals surface area contributed by atoms with E-state index in [0.717, 1.165) is 167 Å². The fraction of sp³-hybridized carbons (Fsp3) is 0.673. The lowest BCUT2D eigenvalue weighted by atomic mass is 10.0. The van der Waals surface area contributed by atoms with Crippen LogP contribution in [-0.2, 0) is 55.8 Å². The van der Waals surface area contributed by atoms with E-state index in [2.05, 4.69) is 203 Å². The Balaban J connectivity index is 4.61. The van der Waals surface area contributed by atoms with E-state index in [1.807, 2.05) is 0 Å². The van der Waals surface area contributed by atoms with Crippen LogP contribution >= 0.6 is 15.6 Å². The summed E-state index contributed by atoms with van der Waals surface area (Å²) in [6.07, 6.45) is 121. The highest BCUT2D eigenvalue weighted by Crippen LogP contribution is 2.45. The van der Waals surface area contributed by atoms with Gasteiger partial charge in [-0.25, -0.2) is 9.13 Å². The molecule has 0 aliphatic rings. The number of allylic oxidation sites excluding steroid dienone is 30.